The lowest BCUT2D eigenvalue weighted by atomic mass is 9.94. The van der Waals surface area contributed by atoms with Crippen molar-refractivity contribution in [3.05, 3.63) is 34.3 Å². The summed E-state index contributed by atoms with van der Waals surface area (Å²) in [7, 11) is 0. The van der Waals surface area contributed by atoms with Gasteiger partial charge in [0.15, 0.2) is 0 Å². The highest BCUT2D eigenvalue weighted by atomic mass is 79.9. The van der Waals surface area contributed by atoms with Gasteiger partial charge in [-0.1, -0.05) is 28.1 Å². The number of halogens is 1. The quantitative estimate of drug-likeness (QED) is 0.851. The maximum Gasteiger partial charge on any atom is 0.0624 e. The Morgan fingerprint density at radius 2 is 1.88 bits per heavy atom. The van der Waals surface area contributed by atoms with Gasteiger partial charge >= 0.3 is 0 Å². The van der Waals surface area contributed by atoms with Gasteiger partial charge in [-0.15, -0.1) is 0 Å². The van der Waals surface area contributed by atoms with Crippen LogP contribution in [0.5, 0.6) is 0 Å². The van der Waals surface area contributed by atoms with E-state index in [-0.39, 0.29) is 0 Å². The van der Waals surface area contributed by atoms with Crippen LogP contribution in [0.3, 0.4) is 0 Å². The molecule has 1 aliphatic rings. The fourth-order valence-electron chi connectivity index (χ4n) is 2.33. The van der Waals surface area contributed by atoms with E-state index in [0.717, 1.165) is 30.5 Å². The van der Waals surface area contributed by atoms with Gasteiger partial charge in [0.1, 0.15) is 0 Å². The number of benzene rings is 1. The van der Waals surface area contributed by atoms with Crippen LogP contribution in [0.2, 0.25) is 0 Å². The largest absolute Gasteiger partial charge is 0.299 e. The molecule has 1 saturated heterocycles. The first-order valence-electron chi connectivity index (χ1n) is 6.11. The van der Waals surface area contributed by atoms with Crippen molar-refractivity contribution in [2.24, 2.45) is 5.92 Å². The molecule has 0 spiro atoms. The molecule has 1 aromatic rings. The first-order chi connectivity index (χ1) is 8.28. The second-order valence-electron chi connectivity index (χ2n) is 4.71. The predicted molar refractivity (Wildman–Crippen MR) is 72.4 cm³/mol. The number of nitriles is 1. The van der Waals surface area contributed by atoms with Crippen molar-refractivity contribution in [3.8, 4) is 6.07 Å². The van der Waals surface area contributed by atoms with Crippen molar-refractivity contribution in [2.75, 3.05) is 13.1 Å². The van der Waals surface area contributed by atoms with Gasteiger partial charge in [-0.05, 0) is 49.5 Å². The van der Waals surface area contributed by atoms with E-state index in [0.29, 0.717) is 5.92 Å². The lowest BCUT2D eigenvalue weighted by molar-refractivity contribution is 0.179. The zero-order valence-electron chi connectivity index (χ0n) is 9.90. The molecule has 1 heterocycles. The van der Waals surface area contributed by atoms with Crippen LogP contribution in [0.15, 0.2) is 28.7 Å². The average Bonchev–Trinajstić information content (AvgIpc) is 2.35. The zero-order chi connectivity index (χ0) is 12.1. The van der Waals surface area contributed by atoms with Crippen molar-refractivity contribution >= 4 is 15.9 Å². The van der Waals surface area contributed by atoms with Crippen LogP contribution < -0.4 is 0 Å². The third-order valence-corrected chi connectivity index (χ3v) is 3.94. The molecule has 0 N–H and O–H groups in total. The monoisotopic (exact) mass is 292 g/mol. The Hall–Kier alpha value is -0.850. The topological polar surface area (TPSA) is 27.0 Å². The van der Waals surface area contributed by atoms with Crippen LogP contribution in [-0.2, 0) is 6.54 Å². The van der Waals surface area contributed by atoms with Gasteiger partial charge in [-0.2, -0.15) is 5.26 Å². The summed E-state index contributed by atoms with van der Waals surface area (Å²) in [6.45, 7) is 3.29. The van der Waals surface area contributed by atoms with Gasteiger partial charge in [0.05, 0.1) is 6.07 Å². The smallest absolute Gasteiger partial charge is 0.0624 e. The molecule has 0 saturated carbocycles. The Bertz CT molecular complexity index is 386. The molecular weight excluding hydrogens is 276 g/mol. The van der Waals surface area contributed by atoms with Gasteiger partial charge in [-0.3, -0.25) is 4.90 Å². The molecule has 0 amide bonds. The fourth-order valence-corrected chi connectivity index (χ4v) is 2.59. The number of likely N-dealkylation sites (tertiary alicyclic amines) is 1. The van der Waals surface area contributed by atoms with E-state index in [1.54, 1.807) is 0 Å². The summed E-state index contributed by atoms with van der Waals surface area (Å²) >= 11 is 3.45. The normalized spacial score (nSPS) is 17.9. The molecule has 90 valence electrons. The summed E-state index contributed by atoms with van der Waals surface area (Å²) in [6, 6.07) is 10.8. The minimum Gasteiger partial charge on any atom is -0.299 e. The van der Waals surface area contributed by atoms with Crippen LogP contribution in [0.25, 0.3) is 0 Å². The van der Waals surface area contributed by atoms with E-state index in [1.165, 1.54) is 18.4 Å². The number of nitrogens with zero attached hydrogens (tertiary/aromatic N) is 2. The fraction of sp³-hybridized carbons (Fsp3) is 0.500. The standard InChI is InChI=1S/C14H17BrN2/c15-14-3-1-13(2-4-14)11-17-9-6-12(5-8-16)7-10-17/h1-4,12H,5-7,9-11H2. The first-order valence-corrected chi connectivity index (χ1v) is 6.91. The summed E-state index contributed by atoms with van der Waals surface area (Å²) in [6.07, 6.45) is 3.07. The van der Waals surface area contributed by atoms with E-state index in [2.05, 4.69) is 51.2 Å². The molecule has 2 rings (SSSR count). The molecule has 0 unspecified atom stereocenters. The molecule has 17 heavy (non-hydrogen) atoms. The zero-order valence-corrected chi connectivity index (χ0v) is 11.5. The first kappa shape index (κ1) is 12.6. The Balaban J connectivity index is 1.82. The van der Waals surface area contributed by atoms with Crippen LogP contribution in [0.4, 0.5) is 0 Å². The lowest BCUT2D eigenvalue weighted by Crippen LogP contribution is -2.33. The molecule has 0 aliphatic carbocycles. The average molecular weight is 293 g/mol. The third-order valence-electron chi connectivity index (χ3n) is 3.41. The second-order valence-corrected chi connectivity index (χ2v) is 5.62. The van der Waals surface area contributed by atoms with E-state index in [9.17, 15) is 0 Å². The molecule has 0 atom stereocenters. The number of hydrogen-bond donors (Lipinski definition) is 0. The summed E-state index contributed by atoms with van der Waals surface area (Å²) in [5.74, 6) is 0.626. The molecule has 3 heteroatoms. The molecule has 2 nitrogen and oxygen atoms in total. The van der Waals surface area contributed by atoms with Gasteiger partial charge in [0.2, 0.25) is 0 Å². The van der Waals surface area contributed by atoms with Crippen LogP contribution in [0, 0.1) is 17.2 Å². The van der Waals surface area contributed by atoms with E-state index < -0.39 is 0 Å². The van der Waals surface area contributed by atoms with E-state index in [1.807, 2.05) is 0 Å². The minimum absolute atomic E-state index is 0.626. The Morgan fingerprint density at radius 3 is 2.47 bits per heavy atom. The van der Waals surface area contributed by atoms with Crippen molar-refractivity contribution in [1.29, 1.82) is 5.26 Å². The Labute approximate surface area is 111 Å². The molecule has 0 bridgehead atoms. The van der Waals surface area contributed by atoms with Crippen molar-refractivity contribution in [1.82, 2.24) is 4.90 Å². The molecular formula is C14H17BrN2. The lowest BCUT2D eigenvalue weighted by Gasteiger charge is -2.30. The highest BCUT2D eigenvalue weighted by Gasteiger charge is 2.18. The number of piperidine rings is 1. The van der Waals surface area contributed by atoms with Gasteiger partial charge in [-0.25, -0.2) is 0 Å². The van der Waals surface area contributed by atoms with E-state index in [4.69, 9.17) is 5.26 Å². The van der Waals surface area contributed by atoms with Crippen LogP contribution in [0.1, 0.15) is 24.8 Å². The molecule has 0 radical (unpaired) electrons. The molecule has 1 aromatic carbocycles. The maximum absolute atomic E-state index is 8.68. The minimum atomic E-state index is 0.626. The second kappa shape index (κ2) is 6.18. The maximum atomic E-state index is 8.68. The molecule has 1 aliphatic heterocycles. The van der Waals surface area contributed by atoms with Gasteiger partial charge in [0.25, 0.3) is 0 Å². The van der Waals surface area contributed by atoms with Crippen molar-refractivity contribution in [2.45, 2.75) is 25.8 Å². The van der Waals surface area contributed by atoms with Gasteiger partial charge in [0, 0.05) is 17.4 Å². The SMILES string of the molecule is N#CCC1CCN(Cc2ccc(Br)cc2)CC1. The summed E-state index contributed by atoms with van der Waals surface area (Å²) < 4.78 is 1.13. The number of hydrogen-bond acceptors (Lipinski definition) is 2. The third kappa shape index (κ3) is 3.83. The van der Waals surface area contributed by atoms with Crippen molar-refractivity contribution < 1.29 is 0 Å². The van der Waals surface area contributed by atoms with E-state index >= 15 is 0 Å². The Morgan fingerprint density at radius 1 is 1.24 bits per heavy atom. The number of rotatable bonds is 3. The highest BCUT2D eigenvalue weighted by Crippen LogP contribution is 2.21. The van der Waals surface area contributed by atoms with Gasteiger partial charge < -0.3 is 0 Å². The highest BCUT2D eigenvalue weighted by molar-refractivity contribution is 9.10. The molecule has 0 aromatic heterocycles. The van der Waals surface area contributed by atoms with Crippen LogP contribution >= 0.6 is 15.9 Å². The molecule has 1 fully saturated rings. The summed E-state index contributed by atoms with van der Waals surface area (Å²) in [4.78, 5) is 2.48. The van der Waals surface area contributed by atoms with Crippen molar-refractivity contribution in [3.63, 3.8) is 0 Å². The van der Waals surface area contributed by atoms with Crippen LogP contribution in [-0.4, -0.2) is 18.0 Å². The summed E-state index contributed by atoms with van der Waals surface area (Å²) in [5.41, 5.74) is 1.37. The predicted octanol–water partition coefficient (Wildman–Crippen LogP) is 3.57. The Kier molecular flexibility index (Phi) is 4.58. The summed E-state index contributed by atoms with van der Waals surface area (Å²) in [5, 5.41) is 8.68.